The van der Waals surface area contributed by atoms with Crippen LogP contribution in [-0.4, -0.2) is 49.9 Å². The van der Waals surface area contributed by atoms with Gasteiger partial charge in [0.05, 0.1) is 11.9 Å². The quantitative estimate of drug-likeness (QED) is 0.739. The summed E-state index contributed by atoms with van der Waals surface area (Å²) in [6.07, 6.45) is 4.37. The molecule has 1 amide bonds. The van der Waals surface area contributed by atoms with Gasteiger partial charge < -0.3 is 9.64 Å². The Hall–Kier alpha value is -1.82. The highest BCUT2D eigenvalue weighted by molar-refractivity contribution is 7.92. The van der Waals surface area contributed by atoms with Crippen molar-refractivity contribution in [2.24, 2.45) is 0 Å². The van der Waals surface area contributed by atoms with Gasteiger partial charge in [-0.05, 0) is 43.5 Å². The maximum atomic E-state index is 12.2. The third-order valence-corrected chi connectivity index (χ3v) is 6.57. The lowest BCUT2D eigenvalue weighted by Crippen LogP contribution is -2.42. The van der Waals surface area contributed by atoms with Crippen LogP contribution in [0.4, 0.5) is 0 Å². The van der Waals surface area contributed by atoms with Crippen LogP contribution in [0.3, 0.4) is 0 Å². The van der Waals surface area contributed by atoms with E-state index in [2.05, 4.69) is 0 Å². The summed E-state index contributed by atoms with van der Waals surface area (Å²) >= 11 is 0. The number of amides is 1. The highest BCUT2D eigenvalue weighted by Gasteiger charge is 2.29. The van der Waals surface area contributed by atoms with Gasteiger partial charge in [0.15, 0.2) is 9.84 Å². The van der Waals surface area contributed by atoms with E-state index in [9.17, 15) is 13.2 Å². The lowest BCUT2D eigenvalue weighted by molar-refractivity contribution is -0.126. The minimum atomic E-state index is -3.00. The van der Waals surface area contributed by atoms with Crippen LogP contribution in [0.1, 0.15) is 32.3 Å². The van der Waals surface area contributed by atoms with Crippen molar-refractivity contribution in [1.82, 2.24) is 4.90 Å². The number of rotatable bonds is 6. The molecule has 24 heavy (non-hydrogen) atoms. The molecule has 0 unspecified atom stereocenters. The summed E-state index contributed by atoms with van der Waals surface area (Å²) < 4.78 is 29.2. The van der Waals surface area contributed by atoms with Gasteiger partial charge in [-0.2, -0.15) is 0 Å². The summed E-state index contributed by atoms with van der Waals surface area (Å²) in [6.45, 7) is 5.22. The lowest BCUT2D eigenvalue weighted by atomic mass is 10.1. The second-order valence-electron chi connectivity index (χ2n) is 5.81. The topological polar surface area (TPSA) is 63.7 Å². The zero-order chi connectivity index (χ0) is 17.6. The average Bonchev–Trinajstić information content (AvgIpc) is 2.61. The highest BCUT2D eigenvalue weighted by Crippen LogP contribution is 2.19. The predicted molar refractivity (Wildman–Crippen MR) is 95.7 cm³/mol. The molecule has 1 saturated heterocycles. The number of likely N-dealkylation sites (tertiary alicyclic amines) is 1. The lowest BCUT2D eigenvalue weighted by Gasteiger charge is -2.30. The molecule has 1 fully saturated rings. The molecule has 1 aliphatic heterocycles. The Morgan fingerprint density at radius 2 is 1.83 bits per heavy atom. The van der Waals surface area contributed by atoms with Crippen LogP contribution in [0, 0.1) is 0 Å². The van der Waals surface area contributed by atoms with Crippen molar-refractivity contribution >= 4 is 21.8 Å². The molecule has 1 aromatic rings. The maximum absolute atomic E-state index is 12.2. The molecule has 1 aliphatic rings. The van der Waals surface area contributed by atoms with E-state index in [1.54, 1.807) is 24.0 Å². The van der Waals surface area contributed by atoms with Crippen molar-refractivity contribution in [3.63, 3.8) is 0 Å². The molecule has 0 saturated carbocycles. The Morgan fingerprint density at radius 1 is 1.21 bits per heavy atom. The minimum Gasteiger partial charge on any atom is -0.494 e. The predicted octanol–water partition coefficient (Wildman–Crippen LogP) is 2.52. The van der Waals surface area contributed by atoms with E-state index in [1.807, 2.05) is 31.2 Å². The zero-order valence-electron chi connectivity index (χ0n) is 14.3. The van der Waals surface area contributed by atoms with Gasteiger partial charge in [-0.1, -0.05) is 19.1 Å². The molecule has 0 spiro atoms. The Labute approximate surface area is 144 Å². The van der Waals surface area contributed by atoms with E-state index in [1.165, 1.54) is 0 Å². The van der Waals surface area contributed by atoms with E-state index in [4.69, 9.17) is 4.74 Å². The molecule has 0 aliphatic carbocycles. The fourth-order valence-corrected chi connectivity index (χ4v) is 4.19. The molecule has 0 radical (unpaired) electrons. The zero-order valence-corrected chi connectivity index (χ0v) is 15.1. The molecule has 0 bridgehead atoms. The van der Waals surface area contributed by atoms with Gasteiger partial charge in [0.1, 0.15) is 5.75 Å². The van der Waals surface area contributed by atoms with Gasteiger partial charge in [0, 0.05) is 24.9 Å². The first-order chi connectivity index (χ1) is 11.5. The van der Waals surface area contributed by atoms with Crippen LogP contribution in [0.25, 0.3) is 6.08 Å². The number of nitrogens with zero attached hydrogens (tertiary/aromatic N) is 1. The molecular weight excluding hydrogens is 326 g/mol. The summed E-state index contributed by atoms with van der Waals surface area (Å²) in [4.78, 5) is 13.9. The summed E-state index contributed by atoms with van der Waals surface area (Å²) in [5, 5.41) is -0.304. The molecule has 2 rings (SSSR count). The standard InChI is InChI=1S/C18H25NO4S/c1-3-23-16-8-5-15(6-9-16)7-10-18(20)19-13-11-17(12-14-19)24(21,22)4-2/h5-10,17H,3-4,11-14H2,1-2H3/b10-7+. The van der Waals surface area contributed by atoms with Gasteiger partial charge in [0.25, 0.3) is 0 Å². The molecule has 6 heteroatoms. The van der Waals surface area contributed by atoms with Gasteiger partial charge in [-0.25, -0.2) is 8.42 Å². The van der Waals surface area contributed by atoms with Crippen molar-refractivity contribution in [2.75, 3.05) is 25.4 Å². The van der Waals surface area contributed by atoms with E-state index >= 15 is 0 Å². The summed E-state index contributed by atoms with van der Waals surface area (Å²) in [7, 11) is -3.00. The molecule has 0 atom stereocenters. The first-order valence-electron chi connectivity index (χ1n) is 8.37. The van der Waals surface area contributed by atoms with Crippen molar-refractivity contribution in [3.05, 3.63) is 35.9 Å². The maximum Gasteiger partial charge on any atom is 0.246 e. The second-order valence-corrected chi connectivity index (χ2v) is 8.38. The van der Waals surface area contributed by atoms with Crippen LogP contribution >= 0.6 is 0 Å². The van der Waals surface area contributed by atoms with Crippen molar-refractivity contribution in [1.29, 1.82) is 0 Å². The summed E-state index contributed by atoms with van der Waals surface area (Å²) in [5.41, 5.74) is 0.926. The normalized spacial score (nSPS) is 16.5. The third kappa shape index (κ3) is 4.84. The van der Waals surface area contributed by atoms with Crippen molar-refractivity contribution < 1.29 is 17.9 Å². The van der Waals surface area contributed by atoms with E-state index < -0.39 is 9.84 Å². The van der Waals surface area contributed by atoms with Crippen LogP contribution in [0.5, 0.6) is 5.75 Å². The molecule has 0 N–H and O–H groups in total. The van der Waals surface area contributed by atoms with Crippen LogP contribution in [0.2, 0.25) is 0 Å². The number of sulfone groups is 1. The molecule has 1 heterocycles. The first-order valence-corrected chi connectivity index (χ1v) is 10.1. The number of benzene rings is 1. The average molecular weight is 351 g/mol. The fraction of sp³-hybridized carbons (Fsp3) is 0.500. The number of piperidine rings is 1. The number of carbonyl (C=O) groups is 1. The van der Waals surface area contributed by atoms with Crippen LogP contribution in [-0.2, 0) is 14.6 Å². The molecule has 1 aromatic carbocycles. The number of ether oxygens (including phenoxy) is 1. The molecule has 5 nitrogen and oxygen atoms in total. The number of hydrogen-bond donors (Lipinski definition) is 0. The van der Waals surface area contributed by atoms with Gasteiger partial charge in [0.2, 0.25) is 5.91 Å². The van der Waals surface area contributed by atoms with Crippen LogP contribution in [0.15, 0.2) is 30.3 Å². The van der Waals surface area contributed by atoms with Crippen molar-refractivity contribution in [3.8, 4) is 5.75 Å². The van der Waals surface area contributed by atoms with Crippen molar-refractivity contribution in [2.45, 2.75) is 31.9 Å². The minimum absolute atomic E-state index is 0.0729. The smallest absolute Gasteiger partial charge is 0.246 e. The Bertz CT molecular complexity index is 671. The monoisotopic (exact) mass is 351 g/mol. The Kier molecular flexibility index (Phi) is 6.43. The van der Waals surface area contributed by atoms with Gasteiger partial charge in [-0.15, -0.1) is 0 Å². The molecule has 0 aromatic heterocycles. The van der Waals surface area contributed by atoms with E-state index in [0.29, 0.717) is 32.5 Å². The summed E-state index contributed by atoms with van der Waals surface area (Å²) in [5.74, 6) is 0.903. The van der Waals surface area contributed by atoms with E-state index in [-0.39, 0.29) is 16.9 Å². The Morgan fingerprint density at radius 3 is 2.38 bits per heavy atom. The second kappa shape index (κ2) is 8.33. The Balaban J connectivity index is 1.89. The number of carbonyl (C=O) groups excluding carboxylic acids is 1. The summed E-state index contributed by atoms with van der Waals surface area (Å²) in [6, 6.07) is 7.53. The van der Waals surface area contributed by atoms with E-state index in [0.717, 1.165) is 11.3 Å². The van der Waals surface area contributed by atoms with Gasteiger partial charge in [-0.3, -0.25) is 4.79 Å². The molecule has 132 valence electrons. The van der Waals surface area contributed by atoms with Crippen LogP contribution < -0.4 is 4.74 Å². The first kappa shape index (κ1) is 18.5. The van der Waals surface area contributed by atoms with Gasteiger partial charge >= 0.3 is 0 Å². The highest BCUT2D eigenvalue weighted by atomic mass is 32.2. The SMILES string of the molecule is CCOc1ccc(/C=C/C(=O)N2CCC(S(=O)(=O)CC)CC2)cc1. The number of hydrogen-bond acceptors (Lipinski definition) is 4. The molecular formula is C18H25NO4S. The largest absolute Gasteiger partial charge is 0.494 e. The third-order valence-electron chi connectivity index (χ3n) is 4.27. The fourth-order valence-electron chi connectivity index (χ4n) is 2.79.